The monoisotopic (exact) mass is 282 g/mol. The Hall–Kier alpha value is -2.49. The zero-order valence-electron chi connectivity index (χ0n) is 11.5. The van der Waals surface area contributed by atoms with Gasteiger partial charge >= 0.3 is 0 Å². The van der Waals surface area contributed by atoms with Crippen LogP contribution in [0, 0.1) is 5.82 Å². The van der Waals surface area contributed by atoms with Crippen LogP contribution >= 0.6 is 0 Å². The summed E-state index contributed by atoms with van der Waals surface area (Å²) in [5.74, 6) is -0.830. The highest BCUT2D eigenvalue weighted by atomic mass is 19.1. The third kappa shape index (κ3) is 2.99. The first-order chi connectivity index (χ1) is 10.2. The lowest BCUT2D eigenvalue weighted by Gasteiger charge is -2.17. The highest BCUT2D eigenvalue weighted by molar-refractivity contribution is 6.04. The van der Waals surface area contributed by atoms with Crippen LogP contribution in [0.15, 0.2) is 53.6 Å². The number of carbonyl (C=O) groups excluding carboxylic acids is 1. The van der Waals surface area contributed by atoms with Gasteiger partial charge in [0.1, 0.15) is 5.82 Å². The highest BCUT2D eigenvalue weighted by Gasteiger charge is 2.15. The van der Waals surface area contributed by atoms with E-state index >= 15 is 0 Å². The molecule has 3 nitrogen and oxygen atoms in total. The maximum Gasteiger partial charge on any atom is 0.271 e. The summed E-state index contributed by atoms with van der Waals surface area (Å²) < 4.78 is 13.1. The van der Waals surface area contributed by atoms with Gasteiger partial charge in [0.2, 0.25) is 0 Å². The van der Waals surface area contributed by atoms with Gasteiger partial charge in [0.05, 0.1) is 5.71 Å². The number of rotatable bonds is 2. The first kappa shape index (κ1) is 13.5. The van der Waals surface area contributed by atoms with Crippen LogP contribution < -0.4 is 5.43 Å². The van der Waals surface area contributed by atoms with Gasteiger partial charge in [-0.05, 0) is 43.0 Å². The van der Waals surface area contributed by atoms with Crippen molar-refractivity contribution in [3.05, 3.63) is 71.0 Å². The zero-order valence-corrected chi connectivity index (χ0v) is 11.5. The molecule has 0 heterocycles. The number of amides is 1. The molecule has 3 rings (SSSR count). The Bertz CT molecular complexity index is 709. The van der Waals surface area contributed by atoms with Crippen molar-refractivity contribution >= 4 is 11.6 Å². The minimum atomic E-state index is -0.432. The van der Waals surface area contributed by atoms with Gasteiger partial charge in [-0.3, -0.25) is 4.79 Å². The molecule has 1 N–H and O–H groups in total. The third-order valence-electron chi connectivity index (χ3n) is 3.57. The second-order valence-electron chi connectivity index (χ2n) is 5.02. The van der Waals surface area contributed by atoms with Crippen LogP contribution in [0.4, 0.5) is 4.39 Å². The van der Waals surface area contributed by atoms with Crippen molar-refractivity contribution in [2.75, 3.05) is 0 Å². The number of nitrogens with zero attached hydrogens (tertiary/aromatic N) is 1. The fourth-order valence-corrected chi connectivity index (χ4v) is 2.53. The van der Waals surface area contributed by atoms with Crippen LogP contribution in [-0.4, -0.2) is 11.6 Å². The molecular formula is C17H15FN2O. The van der Waals surface area contributed by atoms with Crippen LogP contribution in [0.25, 0.3) is 0 Å². The maximum atomic E-state index is 13.1. The molecule has 1 aliphatic carbocycles. The van der Waals surface area contributed by atoms with Gasteiger partial charge in [-0.25, -0.2) is 9.82 Å². The van der Waals surface area contributed by atoms with E-state index in [0.29, 0.717) is 0 Å². The van der Waals surface area contributed by atoms with E-state index in [0.717, 1.165) is 30.5 Å². The predicted octanol–water partition coefficient (Wildman–Crippen LogP) is 3.30. The molecule has 0 spiro atoms. The normalized spacial score (nSPS) is 15.6. The van der Waals surface area contributed by atoms with Crippen molar-refractivity contribution in [2.24, 2.45) is 5.10 Å². The molecule has 0 unspecified atom stereocenters. The number of halogens is 1. The number of hydrogen-bond donors (Lipinski definition) is 1. The highest BCUT2D eigenvalue weighted by Crippen LogP contribution is 2.21. The molecule has 0 saturated carbocycles. The molecule has 4 heteroatoms. The quantitative estimate of drug-likeness (QED) is 0.844. The average Bonchev–Trinajstić information content (AvgIpc) is 2.52. The Balaban J connectivity index is 1.79. The fourth-order valence-electron chi connectivity index (χ4n) is 2.53. The van der Waals surface area contributed by atoms with Gasteiger partial charge in [0, 0.05) is 11.1 Å². The van der Waals surface area contributed by atoms with Crippen LogP contribution in [-0.2, 0) is 6.42 Å². The summed E-state index contributed by atoms with van der Waals surface area (Å²) in [5.41, 5.74) is 6.00. The molecule has 1 amide bonds. The number of aryl methyl sites for hydroxylation is 1. The van der Waals surface area contributed by atoms with Gasteiger partial charge in [-0.1, -0.05) is 30.3 Å². The third-order valence-corrected chi connectivity index (χ3v) is 3.57. The fraction of sp³-hybridized carbons (Fsp3) is 0.176. The topological polar surface area (TPSA) is 41.5 Å². The SMILES string of the molecule is O=C(NN=C1CCCc2ccccc21)c1cccc(F)c1. The summed E-state index contributed by atoms with van der Waals surface area (Å²) in [4.78, 5) is 12.0. The van der Waals surface area contributed by atoms with E-state index in [9.17, 15) is 9.18 Å². The molecular weight excluding hydrogens is 267 g/mol. The molecule has 0 aliphatic heterocycles. The predicted molar refractivity (Wildman–Crippen MR) is 79.8 cm³/mol. The van der Waals surface area contributed by atoms with Crippen molar-refractivity contribution in [1.82, 2.24) is 5.43 Å². The van der Waals surface area contributed by atoms with Crippen molar-refractivity contribution in [3.8, 4) is 0 Å². The number of fused-ring (bicyclic) bond motifs is 1. The van der Waals surface area contributed by atoms with Gasteiger partial charge in [-0.15, -0.1) is 0 Å². The second kappa shape index (κ2) is 5.87. The number of carbonyl (C=O) groups is 1. The molecule has 106 valence electrons. The lowest BCUT2D eigenvalue weighted by Crippen LogP contribution is -2.22. The molecule has 1 aliphatic rings. The van der Waals surface area contributed by atoms with Crippen molar-refractivity contribution < 1.29 is 9.18 Å². The first-order valence-corrected chi connectivity index (χ1v) is 6.95. The molecule has 0 radical (unpaired) electrons. The first-order valence-electron chi connectivity index (χ1n) is 6.95. The van der Waals surface area contributed by atoms with Crippen molar-refractivity contribution in [3.63, 3.8) is 0 Å². The minimum absolute atomic E-state index is 0.267. The smallest absolute Gasteiger partial charge is 0.267 e. The van der Waals surface area contributed by atoms with Crippen molar-refractivity contribution in [1.29, 1.82) is 0 Å². The Morgan fingerprint density at radius 1 is 1.10 bits per heavy atom. The van der Waals surface area contributed by atoms with Gasteiger partial charge in [0.15, 0.2) is 0 Å². The molecule has 2 aromatic carbocycles. The summed E-state index contributed by atoms with van der Waals surface area (Å²) in [6, 6.07) is 13.6. The van der Waals surface area contributed by atoms with Gasteiger partial charge in [0.25, 0.3) is 5.91 Å². The van der Waals surface area contributed by atoms with Crippen molar-refractivity contribution in [2.45, 2.75) is 19.3 Å². The van der Waals surface area contributed by atoms with E-state index in [2.05, 4.69) is 16.6 Å². The molecule has 0 aromatic heterocycles. The zero-order chi connectivity index (χ0) is 14.7. The molecule has 21 heavy (non-hydrogen) atoms. The minimum Gasteiger partial charge on any atom is -0.267 e. The van der Waals surface area contributed by atoms with E-state index in [-0.39, 0.29) is 5.56 Å². The van der Waals surface area contributed by atoms with Crippen LogP contribution in [0.1, 0.15) is 34.3 Å². The molecule has 0 saturated heterocycles. The summed E-state index contributed by atoms with van der Waals surface area (Å²) in [6.07, 6.45) is 2.89. The van der Waals surface area contributed by atoms with Gasteiger partial charge in [-0.2, -0.15) is 5.10 Å². The Morgan fingerprint density at radius 2 is 1.95 bits per heavy atom. The van der Waals surface area contributed by atoms with E-state index in [1.165, 1.54) is 23.8 Å². The molecule has 0 bridgehead atoms. The van der Waals surface area contributed by atoms with E-state index in [1.54, 1.807) is 6.07 Å². The number of hydrogen-bond acceptors (Lipinski definition) is 2. The second-order valence-corrected chi connectivity index (χ2v) is 5.02. The number of nitrogens with one attached hydrogen (secondary N) is 1. The van der Waals surface area contributed by atoms with E-state index < -0.39 is 11.7 Å². The Morgan fingerprint density at radius 3 is 2.81 bits per heavy atom. The van der Waals surface area contributed by atoms with Gasteiger partial charge < -0.3 is 0 Å². The summed E-state index contributed by atoms with van der Waals surface area (Å²) in [6.45, 7) is 0. The van der Waals surface area contributed by atoms with E-state index in [4.69, 9.17) is 0 Å². The molecule has 0 fully saturated rings. The summed E-state index contributed by atoms with van der Waals surface area (Å²) in [5, 5.41) is 4.23. The standard InChI is InChI=1S/C17H15FN2O/c18-14-8-3-7-13(11-14)17(21)20-19-16-10-4-6-12-5-1-2-9-15(12)16/h1-3,5,7-9,11H,4,6,10H2,(H,20,21). The lowest BCUT2D eigenvalue weighted by molar-refractivity contribution is 0.0954. The van der Waals surface area contributed by atoms with Crippen LogP contribution in [0.2, 0.25) is 0 Å². The van der Waals surface area contributed by atoms with E-state index in [1.807, 2.05) is 18.2 Å². The van der Waals surface area contributed by atoms with Crippen LogP contribution in [0.3, 0.4) is 0 Å². The largest absolute Gasteiger partial charge is 0.271 e. The maximum absolute atomic E-state index is 13.1. The lowest BCUT2D eigenvalue weighted by atomic mass is 9.90. The Labute approximate surface area is 122 Å². The summed E-state index contributed by atoms with van der Waals surface area (Å²) in [7, 11) is 0. The summed E-state index contributed by atoms with van der Waals surface area (Å²) >= 11 is 0. The van der Waals surface area contributed by atoms with Crippen LogP contribution in [0.5, 0.6) is 0 Å². The number of benzene rings is 2. The molecule has 2 aromatic rings. The Kier molecular flexibility index (Phi) is 3.77. The molecule has 0 atom stereocenters. The average molecular weight is 282 g/mol. The number of hydrazone groups is 1.